The first kappa shape index (κ1) is 14.6. The van der Waals surface area contributed by atoms with Crippen molar-refractivity contribution in [2.45, 2.75) is 24.9 Å². The molecule has 0 radical (unpaired) electrons. The Kier molecular flexibility index (Phi) is 5.27. The van der Waals surface area contributed by atoms with Crippen molar-refractivity contribution in [3.05, 3.63) is 35.9 Å². The van der Waals surface area contributed by atoms with Gasteiger partial charge in [-0.05, 0) is 12.0 Å². The SMILES string of the molecule is CCC(CO)(CO)NC(=O)[C@H](N)c1ccccc1. The van der Waals surface area contributed by atoms with Crippen molar-refractivity contribution in [2.75, 3.05) is 13.2 Å². The molecule has 5 N–H and O–H groups in total. The molecule has 0 heterocycles. The Morgan fingerprint density at radius 3 is 2.33 bits per heavy atom. The second-order valence-electron chi connectivity index (χ2n) is 4.33. The zero-order valence-electron chi connectivity index (χ0n) is 10.5. The molecule has 0 aliphatic heterocycles. The predicted octanol–water partition coefficient (Wildman–Crippen LogP) is -0.0640. The highest BCUT2D eigenvalue weighted by molar-refractivity contribution is 5.83. The van der Waals surface area contributed by atoms with Crippen molar-refractivity contribution in [3.8, 4) is 0 Å². The molecule has 5 nitrogen and oxygen atoms in total. The van der Waals surface area contributed by atoms with E-state index in [4.69, 9.17) is 5.73 Å². The van der Waals surface area contributed by atoms with E-state index in [1.807, 2.05) is 6.07 Å². The van der Waals surface area contributed by atoms with Gasteiger partial charge < -0.3 is 21.3 Å². The van der Waals surface area contributed by atoms with Gasteiger partial charge in [0, 0.05) is 0 Å². The van der Waals surface area contributed by atoms with E-state index in [-0.39, 0.29) is 13.2 Å². The van der Waals surface area contributed by atoms with Gasteiger partial charge in [0.15, 0.2) is 0 Å². The van der Waals surface area contributed by atoms with E-state index in [0.717, 1.165) is 0 Å². The molecule has 5 heteroatoms. The normalized spacial score (nSPS) is 13.1. The zero-order chi connectivity index (χ0) is 13.6. The van der Waals surface area contributed by atoms with E-state index in [2.05, 4.69) is 5.32 Å². The first-order valence-corrected chi connectivity index (χ1v) is 5.93. The van der Waals surface area contributed by atoms with Gasteiger partial charge >= 0.3 is 0 Å². The van der Waals surface area contributed by atoms with Crippen LogP contribution in [0.25, 0.3) is 0 Å². The Bertz CT molecular complexity index is 369. The molecule has 0 saturated heterocycles. The van der Waals surface area contributed by atoms with Crippen LogP contribution in [0.5, 0.6) is 0 Å². The molecule has 0 saturated carbocycles. The molecule has 1 aromatic carbocycles. The van der Waals surface area contributed by atoms with Crippen LogP contribution in [-0.4, -0.2) is 34.9 Å². The number of carbonyl (C=O) groups excluding carboxylic acids is 1. The van der Waals surface area contributed by atoms with Crippen molar-refractivity contribution < 1.29 is 15.0 Å². The minimum atomic E-state index is -1.01. The van der Waals surface area contributed by atoms with Gasteiger partial charge in [-0.2, -0.15) is 0 Å². The van der Waals surface area contributed by atoms with E-state index in [1.165, 1.54) is 0 Å². The third kappa shape index (κ3) is 3.29. The number of carbonyl (C=O) groups is 1. The second-order valence-corrected chi connectivity index (χ2v) is 4.33. The summed E-state index contributed by atoms with van der Waals surface area (Å²) in [4.78, 5) is 12.0. The highest BCUT2D eigenvalue weighted by Gasteiger charge is 2.30. The van der Waals surface area contributed by atoms with Gasteiger partial charge in [-0.1, -0.05) is 37.3 Å². The number of aliphatic hydroxyl groups is 2. The molecule has 1 rings (SSSR count). The molecule has 0 fully saturated rings. The number of nitrogens with one attached hydrogen (secondary N) is 1. The molecule has 1 amide bonds. The summed E-state index contributed by atoms with van der Waals surface area (Å²) in [6, 6.07) is 8.15. The highest BCUT2D eigenvalue weighted by Crippen LogP contribution is 2.13. The van der Waals surface area contributed by atoms with Gasteiger partial charge in [0.1, 0.15) is 6.04 Å². The Morgan fingerprint density at radius 2 is 1.89 bits per heavy atom. The van der Waals surface area contributed by atoms with Gasteiger partial charge in [0.2, 0.25) is 5.91 Å². The smallest absolute Gasteiger partial charge is 0.242 e. The molecule has 1 aromatic rings. The molecular formula is C13H20N2O3. The number of rotatable bonds is 6. The summed E-state index contributed by atoms with van der Waals surface area (Å²) in [6.07, 6.45) is 0.424. The average molecular weight is 252 g/mol. The molecular weight excluding hydrogens is 232 g/mol. The van der Waals surface area contributed by atoms with Crippen molar-refractivity contribution in [2.24, 2.45) is 5.73 Å². The lowest BCUT2D eigenvalue weighted by Gasteiger charge is -2.31. The number of amides is 1. The van der Waals surface area contributed by atoms with Gasteiger partial charge in [-0.3, -0.25) is 4.79 Å². The van der Waals surface area contributed by atoms with Gasteiger partial charge in [0.25, 0.3) is 0 Å². The number of hydrogen-bond donors (Lipinski definition) is 4. The molecule has 0 bridgehead atoms. The Balaban J connectivity index is 2.76. The summed E-state index contributed by atoms with van der Waals surface area (Å²) in [5.41, 5.74) is 5.51. The van der Waals surface area contributed by atoms with E-state index in [0.29, 0.717) is 12.0 Å². The van der Waals surface area contributed by atoms with Crippen molar-refractivity contribution >= 4 is 5.91 Å². The molecule has 0 spiro atoms. The van der Waals surface area contributed by atoms with Gasteiger partial charge in [-0.15, -0.1) is 0 Å². The fourth-order valence-electron chi connectivity index (χ4n) is 1.59. The molecule has 18 heavy (non-hydrogen) atoms. The molecule has 1 atom stereocenters. The average Bonchev–Trinajstić information content (AvgIpc) is 2.45. The number of hydrogen-bond acceptors (Lipinski definition) is 4. The summed E-state index contributed by atoms with van der Waals surface area (Å²) in [5.74, 6) is -0.411. The molecule has 0 aromatic heterocycles. The number of benzene rings is 1. The Labute approximate surface area is 107 Å². The summed E-state index contributed by atoms with van der Waals surface area (Å²) in [6.45, 7) is 1.13. The van der Waals surface area contributed by atoms with Crippen LogP contribution in [0, 0.1) is 0 Å². The van der Waals surface area contributed by atoms with Crippen LogP contribution in [0.1, 0.15) is 24.9 Å². The molecule has 100 valence electrons. The maximum atomic E-state index is 12.0. The van der Waals surface area contributed by atoms with Crippen molar-refractivity contribution in [1.82, 2.24) is 5.32 Å². The fourth-order valence-corrected chi connectivity index (χ4v) is 1.59. The maximum absolute atomic E-state index is 12.0. The van der Waals surface area contributed by atoms with Crippen molar-refractivity contribution in [3.63, 3.8) is 0 Å². The van der Waals surface area contributed by atoms with E-state index >= 15 is 0 Å². The van der Waals surface area contributed by atoms with Crippen LogP contribution in [0.15, 0.2) is 30.3 Å². The van der Waals surface area contributed by atoms with E-state index < -0.39 is 17.5 Å². The lowest BCUT2D eigenvalue weighted by molar-refractivity contribution is -0.125. The first-order chi connectivity index (χ1) is 8.58. The van der Waals surface area contributed by atoms with Crippen LogP contribution in [0.3, 0.4) is 0 Å². The number of nitrogens with two attached hydrogens (primary N) is 1. The van der Waals surface area contributed by atoms with Gasteiger partial charge in [-0.25, -0.2) is 0 Å². The quantitative estimate of drug-likeness (QED) is 0.570. The van der Waals surface area contributed by atoms with Crippen LogP contribution >= 0.6 is 0 Å². The summed E-state index contributed by atoms with van der Waals surface area (Å²) in [7, 11) is 0. The lowest BCUT2D eigenvalue weighted by Crippen LogP contribution is -2.55. The van der Waals surface area contributed by atoms with Crippen LogP contribution in [-0.2, 0) is 4.79 Å². The third-order valence-corrected chi connectivity index (χ3v) is 3.11. The predicted molar refractivity (Wildman–Crippen MR) is 68.7 cm³/mol. The molecule has 0 unspecified atom stereocenters. The topological polar surface area (TPSA) is 95.6 Å². The monoisotopic (exact) mass is 252 g/mol. The summed E-state index contributed by atoms with van der Waals surface area (Å²) in [5, 5.41) is 21.1. The van der Waals surface area contributed by atoms with Gasteiger partial charge in [0.05, 0.1) is 18.8 Å². The highest BCUT2D eigenvalue weighted by atomic mass is 16.3. The third-order valence-electron chi connectivity index (χ3n) is 3.11. The largest absolute Gasteiger partial charge is 0.394 e. The van der Waals surface area contributed by atoms with Crippen LogP contribution < -0.4 is 11.1 Å². The first-order valence-electron chi connectivity index (χ1n) is 5.93. The van der Waals surface area contributed by atoms with E-state index in [9.17, 15) is 15.0 Å². The zero-order valence-corrected chi connectivity index (χ0v) is 10.5. The molecule has 0 aliphatic rings. The van der Waals surface area contributed by atoms with Crippen molar-refractivity contribution in [1.29, 1.82) is 0 Å². The van der Waals surface area contributed by atoms with Crippen LogP contribution in [0.4, 0.5) is 0 Å². The minimum absolute atomic E-state index is 0.326. The van der Waals surface area contributed by atoms with E-state index in [1.54, 1.807) is 31.2 Å². The standard InChI is InChI=1S/C13H20N2O3/c1-2-13(8-16,9-17)15-12(18)11(14)10-6-4-3-5-7-10/h3-7,11,16-17H,2,8-9,14H2,1H3,(H,15,18)/t11-/m1/s1. The Hall–Kier alpha value is -1.43. The fraction of sp³-hybridized carbons (Fsp3) is 0.462. The second kappa shape index (κ2) is 6.49. The lowest BCUT2D eigenvalue weighted by atomic mass is 9.97. The Morgan fingerprint density at radius 1 is 1.33 bits per heavy atom. The number of aliphatic hydroxyl groups excluding tert-OH is 2. The molecule has 0 aliphatic carbocycles. The maximum Gasteiger partial charge on any atom is 0.242 e. The summed E-state index contributed by atoms with van der Waals surface area (Å²) >= 11 is 0. The summed E-state index contributed by atoms with van der Waals surface area (Å²) < 4.78 is 0. The minimum Gasteiger partial charge on any atom is -0.394 e. The van der Waals surface area contributed by atoms with Crippen LogP contribution in [0.2, 0.25) is 0 Å².